The van der Waals surface area contributed by atoms with Crippen molar-refractivity contribution in [3.8, 4) is 0 Å². The van der Waals surface area contributed by atoms with Gasteiger partial charge in [0.1, 0.15) is 0 Å². The molecule has 0 unspecified atom stereocenters. The quantitative estimate of drug-likeness (QED) is 0.458. The van der Waals surface area contributed by atoms with Gasteiger partial charge in [0, 0.05) is 0 Å². The van der Waals surface area contributed by atoms with Gasteiger partial charge in [-0.25, -0.2) is 0 Å². The van der Waals surface area contributed by atoms with E-state index < -0.39 is 0 Å². The highest BCUT2D eigenvalue weighted by Gasteiger charge is 2.11. The first-order valence-corrected chi connectivity index (χ1v) is 2.89. The monoisotopic (exact) mass is 118 g/mol. The van der Waals surface area contributed by atoms with Crippen molar-refractivity contribution in [1.29, 1.82) is 0 Å². The van der Waals surface area contributed by atoms with Gasteiger partial charge in [-0.2, -0.15) is 0 Å². The molecule has 1 aliphatic carbocycles. The van der Waals surface area contributed by atoms with Gasteiger partial charge in [-0.3, -0.25) is 0 Å². The first kappa shape index (κ1) is 6.09. The Morgan fingerprint density at radius 3 is 1.78 bits per heavy atom. The van der Waals surface area contributed by atoms with Crippen LogP contribution in [0.4, 0.5) is 0 Å². The third-order valence-corrected chi connectivity index (χ3v) is 1.62. The molecule has 0 aliphatic heterocycles. The van der Waals surface area contributed by atoms with Gasteiger partial charge >= 0.3 is 0 Å². The first-order valence-electron chi connectivity index (χ1n) is 2.89. The third-order valence-electron chi connectivity index (χ3n) is 1.62. The van der Waals surface area contributed by atoms with Crippen molar-refractivity contribution in [3.63, 3.8) is 0 Å². The van der Waals surface area contributed by atoms with E-state index in [1.165, 1.54) is 5.57 Å². The average molecular weight is 118 g/mol. The van der Waals surface area contributed by atoms with Crippen molar-refractivity contribution in [2.24, 2.45) is 0 Å². The van der Waals surface area contributed by atoms with Crippen molar-refractivity contribution >= 4 is 0 Å². The van der Waals surface area contributed by atoms with E-state index in [-0.39, 0.29) is 0 Å². The lowest BCUT2D eigenvalue weighted by atomic mass is 10.1. The molecule has 0 radical (unpaired) electrons. The van der Waals surface area contributed by atoms with Crippen LogP contribution in [0.2, 0.25) is 0 Å². The Balaban J connectivity index is 3.09. The zero-order valence-electron chi connectivity index (χ0n) is 5.70. The Morgan fingerprint density at radius 1 is 1.11 bits per heavy atom. The molecule has 0 heterocycles. The largest absolute Gasteiger partial charge is 0.0911 e. The Bertz CT molecular complexity index is 226. The van der Waals surface area contributed by atoms with Crippen molar-refractivity contribution < 1.29 is 0 Å². The summed E-state index contributed by atoms with van der Waals surface area (Å²) in [6.45, 7) is 13.5. The van der Waals surface area contributed by atoms with E-state index in [9.17, 15) is 0 Å². The lowest BCUT2D eigenvalue weighted by Gasteiger charge is -1.95. The summed E-state index contributed by atoms with van der Waals surface area (Å²) in [7, 11) is 0. The number of rotatable bonds is 0. The Kier molecular flexibility index (Phi) is 1.17. The maximum absolute atomic E-state index is 3.84. The van der Waals surface area contributed by atoms with Gasteiger partial charge in [0.05, 0.1) is 0 Å². The van der Waals surface area contributed by atoms with Crippen LogP contribution in [0.5, 0.6) is 0 Å². The molecule has 0 saturated carbocycles. The summed E-state index contributed by atoms with van der Waals surface area (Å²) in [5.74, 6) is 0. The molecule has 1 aliphatic rings. The molecule has 0 bridgehead atoms. The zero-order chi connectivity index (χ0) is 7.02. The normalized spacial score (nSPS) is 18.8. The minimum atomic E-state index is 0.979. The topological polar surface area (TPSA) is 0 Å². The molecule has 0 aromatic rings. The molecule has 9 heavy (non-hydrogen) atoms. The highest BCUT2D eigenvalue weighted by atomic mass is 14.2. The van der Waals surface area contributed by atoms with Gasteiger partial charge < -0.3 is 0 Å². The fraction of sp³-hybridized carbons (Fsp3) is 0.111. The Labute approximate surface area is 55.9 Å². The summed E-state index contributed by atoms with van der Waals surface area (Å²) >= 11 is 0. The predicted molar refractivity (Wildman–Crippen MR) is 41.2 cm³/mol. The van der Waals surface area contributed by atoms with Crippen molar-refractivity contribution in [3.05, 3.63) is 48.1 Å². The third kappa shape index (κ3) is 0.765. The van der Waals surface area contributed by atoms with Crippen LogP contribution >= 0.6 is 0 Å². The first-order chi connectivity index (χ1) is 4.13. The second-order valence-electron chi connectivity index (χ2n) is 2.31. The van der Waals surface area contributed by atoms with Crippen LogP contribution in [0.25, 0.3) is 0 Å². The zero-order valence-corrected chi connectivity index (χ0v) is 5.70. The highest BCUT2D eigenvalue weighted by molar-refractivity contribution is 5.63. The van der Waals surface area contributed by atoms with Gasteiger partial charge in [0.25, 0.3) is 0 Å². The van der Waals surface area contributed by atoms with Crippen LogP contribution < -0.4 is 0 Å². The van der Waals surface area contributed by atoms with Crippen LogP contribution in [-0.2, 0) is 0 Å². The van der Waals surface area contributed by atoms with Crippen LogP contribution in [0.15, 0.2) is 48.1 Å². The van der Waals surface area contributed by atoms with E-state index >= 15 is 0 Å². The second-order valence-corrected chi connectivity index (χ2v) is 2.31. The summed E-state index contributed by atoms with van der Waals surface area (Å²) in [5, 5.41) is 0. The highest BCUT2D eigenvalue weighted by Crippen LogP contribution is 2.30. The number of hydrogen-bond acceptors (Lipinski definition) is 0. The van der Waals surface area contributed by atoms with E-state index in [2.05, 4.69) is 19.7 Å². The summed E-state index contributed by atoms with van der Waals surface area (Å²) in [6, 6.07) is 0. The van der Waals surface area contributed by atoms with Crippen LogP contribution in [0.1, 0.15) is 6.92 Å². The summed E-state index contributed by atoms with van der Waals surface area (Å²) in [4.78, 5) is 0. The second kappa shape index (κ2) is 1.73. The Morgan fingerprint density at radius 2 is 1.67 bits per heavy atom. The maximum Gasteiger partial charge on any atom is -0.0193 e. The molecule has 1 rings (SSSR count). The molecular formula is C9H10. The van der Waals surface area contributed by atoms with Crippen LogP contribution in [0.3, 0.4) is 0 Å². The fourth-order valence-electron chi connectivity index (χ4n) is 0.867. The standard InChI is InChI=1S/C9H10/c1-6-5-7(2)9(4)8(6)3/h5H,1,3-4H2,2H3. The fourth-order valence-corrected chi connectivity index (χ4v) is 0.867. The molecule has 0 fully saturated rings. The molecule has 0 saturated heterocycles. The summed E-state index contributed by atoms with van der Waals surface area (Å²) in [6.07, 6.45) is 2.00. The van der Waals surface area contributed by atoms with Crippen molar-refractivity contribution in [2.75, 3.05) is 0 Å². The summed E-state index contributed by atoms with van der Waals surface area (Å²) in [5.41, 5.74) is 4.19. The average Bonchev–Trinajstić information content (AvgIpc) is 1.98. The molecule has 46 valence electrons. The maximum atomic E-state index is 3.84. The molecule has 0 nitrogen and oxygen atoms in total. The lowest BCUT2D eigenvalue weighted by Crippen LogP contribution is -1.77. The van der Waals surface area contributed by atoms with Gasteiger partial charge in [-0.15, -0.1) is 0 Å². The molecular weight excluding hydrogens is 108 g/mol. The van der Waals surface area contributed by atoms with Crippen molar-refractivity contribution in [1.82, 2.24) is 0 Å². The van der Waals surface area contributed by atoms with E-state index in [4.69, 9.17) is 0 Å². The lowest BCUT2D eigenvalue weighted by molar-refractivity contribution is 1.47. The minimum Gasteiger partial charge on any atom is -0.0911 e. The minimum absolute atomic E-state index is 0.979. The molecule has 0 atom stereocenters. The van der Waals surface area contributed by atoms with E-state index in [0.29, 0.717) is 0 Å². The SMILES string of the molecule is C=C1C=C(C)C(=C)C1=C. The Hall–Kier alpha value is -1.04. The van der Waals surface area contributed by atoms with E-state index in [0.717, 1.165) is 16.7 Å². The van der Waals surface area contributed by atoms with Crippen LogP contribution in [-0.4, -0.2) is 0 Å². The number of allylic oxidation sites excluding steroid dienone is 5. The van der Waals surface area contributed by atoms with Crippen LogP contribution in [0, 0.1) is 0 Å². The van der Waals surface area contributed by atoms with Gasteiger partial charge in [0.2, 0.25) is 0 Å². The summed E-state index contributed by atoms with van der Waals surface area (Å²) < 4.78 is 0. The molecule has 0 N–H and O–H groups in total. The molecule has 0 aromatic carbocycles. The van der Waals surface area contributed by atoms with Gasteiger partial charge in [-0.1, -0.05) is 25.8 Å². The smallest absolute Gasteiger partial charge is 0.0193 e. The van der Waals surface area contributed by atoms with Crippen molar-refractivity contribution in [2.45, 2.75) is 6.92 Å². The molecule has 0 spiro atoms. The van der Waals surface area contributed by atoms with E-state index in [1.54, 1.807) is 0 Å². The number of hydrogen-bond donors (Lipinski definition) is 0. The molecule has 0 aromatic heterocycles. The van der Waals surface area contributed by atoms with Gasteiger partial charge in [-0.05, 0) is 29.2 Å². The predicted octanol–water partition coefficient (Wildman–Crippen LogP) is 2.61. The van der Waals surface area contributed by atoms with E-state index in [1.807, 2.05) is 13.0 Å². The van der Waals surface area contributed by atoms with Gasteiger partial charge in [0.15, 0.2) is 0 Å². The molecule has 0 heteroatoms. The molecule has 0 amide bonds.